The first-order chi connectivity index (χ1) is 17.1. The summed E-state index contributed by atoms with van der Waals surface area (Å²) in [5, 5.41) is 6.73. The molecule has 0 radical (unpaired) electrons. The Bertz CT molecular complexity index is 1290. The normalized spacial score (nSPS) is 12.2. The Labute approximate surface area is 202 Å². The average Bonchev–Trinajstić information content (AvgIpc) is 3.53. The van der Waals surface area contributed by atoms with E-state index in [4.69, 9.17) is 14.0 Å². The quantitative estimate of drug-likeness (QED) is 0.381. The second-order valence-electron chi connectivity index (χ2n) is 8.31. The fourth-order valence-electron chi connectivity index (χ4n) is 3.90. The van der Waals surface area contributed by atoms with Crippen molar-refractivity contribution in [1.82, 2.24) is 15.4 Å². The summed E-state index contributed by atoms with van der Waals surface area (Å²) in [4.78, 5) is 14.7. The monoisotopic (exact) mass is 473 g/mol. The van der Waals surface area contributed by atoms with Crippen LogP contribution >= 0.6 is 0 Å². The molecule has 0 bridgehead atoms. The Balaban J connectivity index is 1.26. The molecular weight excluding hydrogens is 449 g/mol. The number of nitrogens with zero attached hydrogens (tertiary/aromatic N) is 2. The van der Waals surface area contributed by atoms with Gasteiger partial charge in [0.15, 0.2) is 23.0 Å². The van der Waals surface area contributed by atoms with Gasteiger partial charge in [-0.1, -0.05) is 53.7 Å². The highest BCUT2D eigenvalue weighted by Crippen LogP contribution is 2.33. The van der Waals surface area contributed by atoms with Gasteiger partial charge < -0.3 is 19.3 Å². The summed E-state index contributed by atoms with van der Waals surface area (Å²) >= 11 is 0. The number of halogens is 1. The van der Waals surface area contributed by atoms with Crippen LogP contribution in [0.1, 0.15) is 32.9 Å². The van der Waals surface area contributed by atoms with Crippen LogP contribution in [0.15, 0.2) is 83.4 Å². The van der Waals surface area contributed by atoms with E-state index in [9.17, 15) is 9.18 Å². The second kappa shape index (κ2) is 10.4. The van der Waals surface area contributed by atoms with Gasteiger partial charge in [0.05, 0.1) is 6.54 Å². The molecule has 5 rings (SSSR count). The molecule has 8 heteroatoms. The van der Waals surface area contributed by atoms with Gasteiger partial charge in [0.25, 0.3) is 5.91 Å². The lowest BCUT2D eigenvalue weighted by Crippen LogP contribution is -2.23. The van der Waals surface area contributed by atoms with Crippen molar-refractivity contribution in [1.29, 1.82) is 0 Å². The third-order valence-electron chi connectivity index (χ3n) is 5.63. The van der Waals surface area contributed by atoms with E-state index in [1.165, 1.54) is 12.1 Å². The molecule has 4 aromatic rings. The molecule has 0 spiro atoms. The summed E-state index contributed by atoms with van der Waals surface area (Å²) < 4.78 is 29.5. The molecule has 3 aromatic carbocycles. The number of fused-ring (bicyclic) bond motifs is 1. The van der Waals surface area contributed by atoms with Crippen molar-refractivity contribution >= 4 is 5.91 Å². The second-order valence-corrected chi connectivity index (χ2v) is 8.31. The van der Waals surface area contributed by atoms with Crippen LogP contribution in [0.25, 0.3) is 0 Å². The molecule has 1 aromatic heterocycles. The van der Waals surface area contributed by atoms with Gasteiger partial charge in [-0.3, -0.25) is 9.69 Å². The number of nitrogens with one attached hydrogen (secondary N) is 1. The van der Waals surface area contributed by atoms with E-state index in [1.54, 1.807) is 18.2 Å². The van der Waals surface area contributed by atoms with Crippen molar-refractivity contribution in [3.8, 4) is 11.5 Å². The van der Waals surface area contributed by atoms with Gasteiger partial charge in [0.2, 0.25) is 6.79 Å². The van der Waals surface area contributed by atoms with E-state index >= 15 is 0 Å². The molecule has 2 heterocycles. The standard InChI is InChI=1S/C27H24FN3O4/c28-22-9-6-19(7-10-22)14-29-27(32)24-13-23(35-30-24)17-31(15-20-4-2-1-3-5-20)16-21-8-11-25-26(12-21)34-18-33-25/h1-13H,14-18H2,(H,29,32). The minimum absolute atomic E-state index is 0.199. The molecule has 7 nitrogen and oxygen atoms in total. The molecule has 0 aliphatic carbocycles. The third-order valence-corrected chi connectivity index (χ3v) is 5.63. The van der Waals surface area contributed by atoms with Gasteiger partial charge in [-0.05, 0) is 41.0 Å². The number of rotatable bonds is 9. The summed E-state index contributed by atoms with van der Waals surface area (Å²) in [6.45, 7) is 2.28. The molecule has 35 heavy (non-hydrogen) atoms. The number of carbonyl (C=O) groups excluding carboxylic acids is 1. The van der Waals surface area contributed by atoms with Crippen LogP contribution in [0, 0.1) is 5.82 Å². The predicted molar refractivity (Wildman–Crippen MR) is 126 cm³/mol. The lowest BCUT2D eigenvalue weighted by atomic mass is 10.1. The number of hydrogen-bond donors (Lipinski definition) is 1. The van der Waals surface area contributed by atoms with E-state index in [2.05, 4.69) is 27.5 Å². The Morgan fingerprint density at radius 3 is 2.43 bits per heavy atom. The third kappa shape index (κ3) is 5.85. The summed E-state index contributed by atoms with van der Waals surface area (Å²) in [7, 11) is 0. The molecule has 1 aliphatic rings. The molecule has 0 unspecified atom stereocenters. The van der Waals surface area contributed by atoms with Gasteiger partial charge in [-0.2, -0.15) is 0 Å². The first kappa shape index (κ1) is 22.6. The zero-order valence-corrected chi connectivity index (χ0v) is 18.9. The molecule has 0 saturated carbocycles. The van der Waals surface area contributed by atoms with Gasteiger partial charge in [-0.25, -0.2) is 4.39 Å². The van der Waals surface area contributed by atoms with Gasteiger partial charge in [0.1, 0.15) is 5.82 Å². The summed E-state index contributed by atoms with van der Waals surface area (Å²) in [5.41, 5.74) is 3.22. The molecule has 0 saturated heterocycles. The Morgan fingerprint density at radius 1 is 0.857 bits per heavy atom. The van der Waals surface area contributed by atoms with Gasteiger partial charge >= 0.3 is 0 Å². The van der Waals surface area contributed by atoms with Crippen molar-refractivity contribution < 1.29 is 23.2 Å². The van der Waals surface area contributed by atoms with E-state index < -0.39 is 0 Å². The zero-order valence-electron chi connectivity index (χ0n) is 18.9. The summed E-state index contributed by atoms with van der Waals surface area (Å²) in [5.74, 6) is 1.39. The van der Waals surface area contributed by atoms with Crippen LogP contribution in [0.5, 0.6) is 11.5 Å². The Morgan fingerprint density at radius 2 is 1.60 bits per heavy atom. The summed E-state index contributed by atoms with van der Waals surface area (Å²) in [6.07, 6.45) is 0. The van der Waals surface area contributed by atoms with E-state index in [-0.39, 0.29) is 30.8 Å². The molecule has 1 aliphatic heterocycles. The largest absolute Gasteiger partial charge is 0.454 e. The number of benzene rings is 3. The minimum Gasteiger partial charge on any atom is -0.454 e. The number of hydrogen-bond acceptors (Lipinski definition) is 6. The smallest absolute Gasteiger partial charge is 0.273 e. The Hall–Kier alpha value is -4.17. The topological polar surface area (TPSA) is 76.8 Å². The highest BCUT2D eigenvalue weighted by molar-refractivity contribution is 5.92. The number of carbonyl (C=O) groups is 1. The lowest BCUT2D eigenvalue weighted by Gasteiger charge is -2.21. The number of ether oxygens (including phenoxy) is 2. The Kier molecular flexibility index (Phi) is 6.72. The number of amides is 1. The summed E-state index contributed by atoms with van der Waals surface area (Å²) in [6, 6.07) is 23.7. The van der Waals surface area contributed by atoms with Crippen LogP contribution in [-0.4, -0.2) is 22.8 Å². The number of aromatic nitrogens is 1. The molecular formula is C27H24FN3O4. The van der Waals surface area contributed by atoms with Crippen LogP contribution < -0.4 is 14.8 Å². The molecule has 1 N–H and O–H groups in total. The van der Waals surface area contributed by atoms with E-state index in [0.717, 1.165) is 28.2 Å². The molecule has 1 amide bonds. The van der Waals surface area contributed by atoms with E-state index in [0.29, 0.717) is 25.4 Å². The molecule has 0 fully saturated rings. The fourth-order valence-corrected chi connectivity index (χ4v) is 3.90. The highest BCUT2D eigenvalue weighted by atomic mass is 19.1. The van der Waals surface area contributed by atoms with Gasteiger partial charge in [-0.15, -0.1) is 0 Å². The van der Waals surface area contributed by atoms with Gasteiger partial charge in [0, 0.05) is 25.7 Å². The van der Waals surface area contributed by atoms with Crippen LogP contribution in [0.2, 0.25) is 0 Å². The van der Waals surface area contributed by atoms with Crippen molar-refractivity contribution in [3.05, 3.63) is 113 Å². The van der Waals surface area contributed by atoms with Crippen LogP contribution in [-0.2, 0) is 26.2 Å². The van der Waals surface area contributed by atoms with Crippen LogP contribution in [0.3, 0.4) is 0 Å². The zero-order chi connectivity index (χ0) is 24.0. The first-order valence-electron chi connectivity index (χ1n) is 11.3. The van der Waals surface area contributed by atoms with Crippen molar-refractivity contribution in [2.75, 3.05) is 6.79 Å². The molecule has 0 atom stereocenters. The highest BCUT2D eigenvalue weighted by Gasteiger charge is 2.18. The lowest BCUT2D eigenvalue weighted by molar-refractivity contribution is 0.0941. The maximum atomic E-state index is 13.1. The van der Waals surface area contributed by atoms with E-state index in [1.807, 2.05) is 36.4 Å². The maximum Gasteiger partial charge on any atom is 0.273 e. The fraction of sp³-hybridized carbons (Fsp3) is 0.185. The maximum absolute atomic E-state index is 13.1. The van der Waals surface area contributed by atoms with Crippen molar-refractivity contribution in [3.63, 3.8) is 0 Å². The van der Waals surface area contributed by atoms with Crippen molar-refractivity contribution in [2.24, 2.45) is 0 Å². The van der Waals surface area contributed by atoms with Crippen LogP contribution in [0.4, 0.5) is 4.39 Å². The molecule has 178 valence electrons. The predicted octanol–water partition coefficient (Wildman–Crippen LogP) is 4.67. The van der Waals surface area contributed by atoms with Crippen molar-refractivity contribution in [2.45, 2.75) is 26.2 Å². The minimum atomic E-state index is -0.352. The first-order valence-corrected chi connectivity index (χ1v) is 11.3. The average molecular weight is 474 g/mol. The SMILES string of the molecule is O=C(NCc1ccc(F)cc1)c1cc(CN(Cc2ccccc2)Cc2ccc3c(c2)OCO3)on1.